The summed E-state index contributed by atoms with van der Waals surface area (Å²) in [6.45, 7) is 7.00. The Morgan fingerprint density at radius 1 is 1.48 bits per heavy atom. The first kappa shape index (κ1) is 18.1. The zero-order valence-corrected chi connectivity index (χ0v) is 14.8. The van der Waals surface area contributed by atoms with Crippen LogP contribution in [0.3, 0.4) is 0 Å². The minimum absolute atomic E-state index is 0.0204. The number of nitrogens with two attached hydrogens (primary N) is 1. The van der Waals surface area contributed by atoms with Gasteiger partial charge in [-0.1, -0.05) is 19.6 Å². The molecule has 132 valence electrons. The van der Waals surface area contributed by atoms with E-state index in [0.717, 1.165) is 6.04 Å². The van der Waals surface area contributed by atoms with Crippen LogP contribution in [0.15, 0.2) is 6.20 Å². The van der Waals surface area contributed by atoms with E-state index < -0.39 is 26.5 Å². The van der Waals surface area contributed by atoms with Crippen LogP contribution < -0.4 is 10.5 Å². The van der Waals surface area contributed by atoms with Crippen molar-refractivity contribution in [3.8, 4) is 5.88 Å². The summed E-state index contributed by atoms with van der Waals surface area (Å²) in [7, 11) is -1.13. The van der Waals surface area contributed by atoms with Crippen LogP contribution in [-0.2, 0) is 16.2 Å². The third kappa shape index (κ3) is 5.43. The summed E-state index contributed by atoms with van der Waals surface area (Å²) < 4.78 is 44.1. The molecule has 9 heteroatoms. The maximum Gasteiger partial charge on any atom is 0.279 e. The number of anilines is 1. The average Bonchev–Trinajstić information content (AvgIpc) is 2.94. The van der Waals surface area contributed by atoms with Gasteiger partial charge in [0.05, 0.1) is 18.7 Å². The van der Waals surface area contributed by atoms with Gasteiger partial charge in [0.1, 0.15) is 25.6 Å². The summed E-state index contributed by atoms with van der Waals surface area (Å²) in [5, 5.41) is 4.12. The van der Waals surface area contributed by atoms with Gasteiger partial charge in [0.2, 0.25) is 0 Å². The van der Waals surface area contributed by atoms with Gasteiger partial charge in [0, 0.05) is 14.7 Å². The Labute approximate surface area is 135 Å². The molecule has 1 aromatic heterocycles. The summed E-state index contributed by atoms with van der Waals surface area (Å²) in [5.74, 6) is -3.68. The second-order valence-corrected chi connectivity index (χ2v) is 12.7. The van der Waals surface area contributed by atoms with E-state index in [1.807, 2.05) is 0 Å². The standard InChI is InChI=1S/C14H25F2N3O3Si/c1-23(2,3)5-4-20-10-19-6-12(17)13(18-19)22-8-11-7-21-9-14(11,15)16/h6,11H,4-5,7-10,17H2,1-3H3. The predicted molar refractivity (Wildman–Crippen MR) is 85.5 cm³/mol. The van der Waals surface area contributed by atoms with E-state index in [-0.39, 0.29) is 25.8 Å². The highest BCUT2D eigenvalue weighted by Crippen LogP contribution is 2.32. The molecule has 2 rings (SSSR count). The third-order valence-electron chi connectivity index (χ3n) is 3.61. The fourth-order valence-corrected chi connectivity index (χ4v) is 2.82. The highest BCUT2D eigenvalue weighted by molar-refractivity contribution is 6.76. The predicted octanol–water partition coefficient (Wildman–Crippen LogP) is 2.44. The van der Waals surface area contributed by atoms with E-state index in [1.165, 1.54) is 4.68 Å². The van der Waals surface area contributed by atoms with Crippen molar-refractivity contribution in [3.05, 3.63) is 6.20 Å². The van der Waals surface area contributed by atoms with E-state index in [9.17, 15) is 8.78 Å². The van der Waals surface area contributed by atoms with E-state index >= 15 is 0 Å². The molecule has 1 aliphatic rings. The van der Waals surface area contributed by atoms with Gasteiger partial charge in [0.15, 0.2) is 0 Å². The topological polar surface area (TPSA) is 71.5 Å². The first-order valence-electron chi connectivity index (χ1n) is 7.66. The third-order valence-corrected chi connectivity index (χ3v) is 5.31. The first-order chi connectivity index (χ1) is 10.7. The molecule has 0 spiro atoms. The van der Waals surface area contributed by atoms with Crippen LogP contribution >= 0.6 is 0 Å². The smallest absolute Gasteiger partial charge is 0.279 e. The van der Waals surface area contributed by atoms with E-state index in [0.29, 0.717) is 12.3 Å². The number of alkyl halides is 2. The lowest BCUT2D eigenvalue weighted by molar-refractivity contribution is -0.0473. The number of aromatic nitrogens is 2. The molecule has 1 saturated heterocycles. The Morgan fingerprint density at radius 2 is 2.22 bits per heavy atom. The van der Waals surface area contributed by atoms with Crippen molar-refractivity contribution < 1.29 is 23.0 Å². The van der Waals surface area contributed by atoms with Crippen LogP contribution in [0.25, 0.3) is 0 Å². The van der Waals surface area contributed by atoms with Crippen LogP contribution in [-0.4, -0.2) is 50.2 Å². The normalized spacial score (nSPS) is 20.8. The van der Waals surface area contributed by atoms with Gasteiger partial charge in [-0.05, 0) is 6.04 Å². The van der Waals surface area contributed by atoms with Crippen LogP contribution in [0.4, 0.5) is 14.5 Å². The number of rotatable bonds is 8. The molecule has 0 saturated carbocycles. The number of halogens is 2. The van der Waals surface area contributed by atoms with Gasteiger partial charge in [-0.3, -0.25) is 0 Å². The van der Waals surface area contributed by atoms with Gasteiger partial charge in [-0.15, -0.1) is 5.10 Å². The molecule has 2 heterocycles. The Bertz CT molecular complexity index is 520. The monoisotopic (exact) mass is 349 g/mol. The van der Waals surface area contributed by atoms with Crippen molar-refractivity contribution in [1.29, 1.82) is 0 Å². The van der Waals surface area contributed by atoms with Crippen molar-refractivity contribution in [2.75, 3.05) is 32.2 Å². The second-order valence-electron chi connectivity index (χ2n) is 7.06. The van der Waals surface area contributed by atoms with E-state index in [2.05, 4.69) is 24.7 Å². The molecule has 0 aliphatic carbocycles. The van der Waals surface area contributed by atoms with Crippen molar-refractivity contribution >= 4 is 13.8 Å². The average molecular weight is 349 g/mol. The molecule has 1 fully saturated rings. The lowest BCUT2D eigenvalue weighted by atomic mass is 10.1. The maximum atomic E-state index is 13.4. The summed E-state index contributed by atoms with van der Waals surface area (Å²) in [5.41, 5.74) is 6.10. The molecule has 1 atom stereocenters. The molecule has 1 aliphatic heterocycles. The SMILES string of the molecule is C[Si](C)(C)CCOCn1cc(N)c(OCC2COCC2(F)F)n1. The van der Waals surface area contributed by atoms with Gasteiger partial charge in [0.25, 0.3) is 11.8 Å². The zero-order valence-electron chi connectivity index (χ0n) is 13.8. The molecular weight excluding hydrogens is 324 g/mol. The Kier molecular flexibility index (Phi) is 5.64. The lowest BCUT2D eigenvalue weighted by Crippen LogP contribution is -2.31. The van der Waals surface area contributed by atoms with Crippen molar-refractivity contribution in [1.82, 2.24) is 9.78 Å². The molecule has 0 aromatic carbocycles. The fourth-order valence-electron chi connectivity index (χ4n) is 2.06. The van der Waals surface area contributed by atoms with Crippen LogP contribution in [0.5, 0.6) is 5.88 Å². The number of hydrogen-bond donors (Lipinski definition) is 1. The molecule has 0 bridgehead atoms. The summed E-state index contributed by atoms with van der Waals surface area (Å²) in [6, 6.07) is 1.06. The number of nitrogens with zero attached hydrogens (tertiary/aromatic N) is 2. The molecule has 23 heavy (non-hydrogen) atoms. The number of ether oxygens (including phenoxy) is 3. The summed E-state index contributed by atoms with van der Waals surface area (Å²) in [4.78, 5) is 0. The molecule has 1 aromatic rings. The molecule has 6 nitrogen and oxygen atoms in total. The molecular formula is C14H25F2N3O3Si. The fraction of sp³-hybridized carbons (Fsp3) is 0.786. The summed E-state index contributed by atoms with van der Waals surface area (Å²) >= 11 is 0. The van der Waals surface area contributed by atoms with Crippen molar-refractivity contribution in [2.45, 2.75) is 38.3 Å². The van der Waals surface area contributed by atoms with Crippen LogP contribution in [0.2, 0.25) is 25.7 Å². The molecule has 1 unspecified atom stereocenters. The first-order valence-corrected chi connectivity index (χ1v) is 11.4. The largest absolute Gasteiger partial charge is 0.475 e. The molecule has 2 N–H and O–H groups in total. The van der Waals surface area contributed by atoms with Crippen molar-refractivity contribution in [3.63, 3.8) is 0 Å². The van der Waals surface area contributed by atoms with E-state index in [1.54, 1.807) is 6.20 Å². The maximum absolute atomic E-state index is 13.4. The lowest BCUT2D eigenvalue weighted by Gasteiger charge is -2.16. The Hall–Kier alpha value is -1.19. The second kappa shape index (κ2) is 7.14. The zero-order chi connectivity index (χ0) is 17.1. The molecule has 0 amide bonds. The van der Waals surface area contributed by atoms with Gasteiger partial charge < -0.3 is 19.9 Å². The highest BCUT2D eigenvalue weighted by atomic mass is 28.3. The summed E-state index contributed by atoms with van der Waals surface area (Å²) in [6.07, 6.45) is 1.58. The quantitative estimate of drug-likeness (QED) is 0.576. The number of hydrogen-bond acceptors (Lipinski definition) is 5. The van der Waals surface area contributed by atoms with Crippen LogP contribution in [0.1, 0.15) is 0 Å². The Morgan fingerprint density at radius 3 is 2.83 bits per heavy atom. The van der Waals surface area contributed by atoms with Crippen molar-refractivity contribution in [2.24, 2.45) is 5.92 Å². The van der Waals surface area contributed by atoms with Gasteiger partial charge in [-0.2, -0.15) is 0 Å². The van der Waals surface area contributed by atoms with Gasteiger partial charge in [-0.25, -0.2) is 13.5 Å². The highest BCUT2D eigenvalue weighted by Gasteiger charge is 2.45. The minimum Gasteiger partial charge on any atom is -0.475 e. The van der Waals surface area contributed by atoms with Crippen LogP contribution in [0, 0.1) is 5.92 Å². The minimum atomic E-state index is -2.86. The van der Waals surface area contributed by atoms with E-state index in [4.69, 9.17) is 19.9 Å². The Balaban J connectivity index is 1.79. The van der Waals surface area contributed by atoms with Gasteiger partial charge >= 0.3 is 0 Å². The molecule has 0 radical (unpaired) electrons. The number of nitrogen functional groups attached to an aromatic ring is 1.